The van der Waals surface area contributed by atoms with Gasteiger partial charge >= 0.3 is 0 Å². The largest absolute Gasteiger partial charge is 0.395 e. The van der Waals surface area contributed by atoms with Crippen LogP contribution >= 0.6 is 34.5 Å². The van der Waals surface area contributed by atoms with E-state index < -0.39 is 0 Å². The highest BCUT2D eigenvalue weighted by molar-refractivity contribution is 7.20. The average Bonchev–Trinajstić information content (AvgIpc) is 2.84. The molecule has 0 aliphatic carbocycles. The lowest BCUT2D eigenvalue weighted by Crippen LogP contribution is -2.29. The zero-order valence-corrected chi connectivity index (χ0v) is 14.3. The Kier molecular flexibility index (Phi) is 6.86. The van der Waals surface area contributed by atoms with E-state index in [-0.39, 0.29) is 12.4 Å². The molecule has 0 unspecified atom stereocenters. The first-order chi connectivity index (χ1) is 10.6. The lowest BCUT2D eigenvalue weighted by atomic mass is 10.1. The fraction of sp³-hybridized carbons (Fsp3) is 0.312. The lowest BCUT2D eigenvalue weighted by Gasteiger charge is -2.21. The van der Waals surface area contributed by atoms with Gasteiger partial charge in [0.15, 0.2) is 5.78 Å². The molecule has 1 aromatic heterocycles. The van der Waals surface area contributed by atoms with Gasteiger partial charge in [-0.05, 0) is 11.6 Å². The van der Waals surface area contributed by atoms with E-state index in [2.05, 4.69) is 4.90 Å². The number of hydrogen-bond acceptors (Lipinski definition) is 4. The first-order valence-electron chi connectivity index (χ1n) is 6.95. The van der Waals surface area contributed by atoms with Crippen LogP contribution in [0.3, 0.4) is 0 Å². The molecule has 1 aromatic carbocycles. The summed E-state index contributed by atoms with van der Waals surface area (Å²) in [4.78, 5) is 14.3. The van der Waals surface area contributed by atoms with Crippen molar-refractivity contribution in [2.45, 2.75) is 13.0 Å². The van der Waals surface area contributed by atoms with Gasteiger partial charge in [0.1, 0.15) is 4.34 Å². The SMILES string of the molecule is O=C(CCN(CCO)Cc1ccccc1)c1cc(Cl)sc1Cl. The standard InChI is InChI=1S/C16H17Cl2NO2S/c17-15-10-13(16(18)22-15)14(21)6-7-19(8-9-20)11-12-4-2-1-3-5-12/h1-5,10,20H,6-9,11H2. The van der Waals surface area contributed by atoms with E-state index in [0.717, 1.165) is 5.56 Å². The summed E-state index contributed by atoms with van der Waals surface area (Å²) in [6.45, 7) is 1.86. The zero-order valence-electron chi connectivity index (χ0n) is 12.0. The van der Waals surface area contributed by atoms with E-state index in [1.165, 1.54) is 11.3 Å². The Hall–Kier alpha value is -0.910. The fourth-order valence-electron chi connectivity index (χ4n) is 2.18. The molecule has 0 aliphatic rings. The maximum Gasteiger partial charge on any atom is 0.166 e. The number of nitrogens with zero attached hydrogens (tertiary/aromatic N) is 1. The van der Waals surface area contributed by atoms with Gasteiger partial charge in [0.05, 0.1) is 10.9 Å². The summed E-state index contributed by atoms with van der Waals surface area (Å²) < 4.78 is 0.955. The van der Waals surface area contributed by atoms with Gasteiger partial charge in [-0.25, -0.2) is 0 Å². The lowest BCUT2D eigenvalue weighted by molar-refractivity contribution is 0.0955. The van der Waals surface area contributed by atoms with Crippen molar-refractivity contribution in [2.24, 2.45) is 0 Å². The Morgan fingerprint density at radius 1 is 1.18 bits per heavy atom. The number of thiophene rings is 1. The van der Waals surface area contributed by atoms with Crippen LogP contribution in [0.25, 0.3) is 0 Å². The number of aliphatic hydroxyl groups excluding tert-OH is 1. The van der Waals surface area contributed by atoms with Gasteiger partial charge in [-0.2, -0.15) is 0 Å². The quantitative estimate of drug-likeness (QED) is 0.722. The predicted molar refractivity (Wildman–Crippen MR) is 92.1 cm³/mol. The van der Waals surface area contributed by atoms with Crippen LogP contribution in [0.2, 0.25) is 8.67 Å². The number of rotatable bonds is 8. The summed E-state index contributed by atoms with van der Waals surface area (Å²) in [6, 6.07) is 11.6. The van der Waals surface area contributed by atoms with Crippen molar-refractivity contribution in [3.63, 3.8) is 0 Å². The van der Waals surface area contributed by atoms with Crippen molar-refractivity contribution in [1.82, 2.24) is 4.90 Å². The maximum atomic E-state index is 12.2. The van der Waals surface area contributed by atoms with Gasteiger partial charge in [-0.1, -0.05) is 53.5 Å². The van der Waals surface area contributed by atoms with Gasteiger partial charge in [0, 0.05) is 31.6 Å². The van der Waals surface area contributed by atoms with Gasteiger partial charge in [-0.15, -0.1) is 11.3 Å². The minimum Gasteiger partial charge on any atom is -0.395 e. The number of ketones is 1. The van der Waals surface area contributed by atoms with E-state index in [1.807, 2.05) is 30.3 Å². The van der Waals surface area contributed by atoms with Crippen molar-refractivity contribution in [3.05, 3.63) is 56.2 Å². The molecule has 0 fully saturated rings. The molecule has 0 radical (unpaired) electrons. The molecule has 22 heavy (non-hydrogen) atoms. The molecule has 0 bridgehead atoms. The molecule has 0 aliphatic heterocycles. The molecule has 0 saturated heterocycles. The van der Waals surface area contributed by atoms with E-state index in [9.17, 15) is 9.90 Å². The second-order valence-electron chi connectivity index (χ2n) is 4.90. The summed E-state index contributed by atoms with van der Waals surface area (Å²) in [6.07, 6.45) is 0.347. The van der Waals surface area contributed by atoms with Crippen LogP contribution < -0.4 is 0 Å². The predicted octanol–water partition coefficient (Wildman–Crippen LogP) is 4.12. The summed E-state index contributed by atoms with van der Waals surface area (Å²) >= 11 is 13.1. The summed E-state index contributed by atoms with van der Waals surface area (Å²) in [5, 5.41) is 9.18. The van der Waals surface area contributed by atoms with Crippen LogP contribution in [0.15, 0.2) is 36.4 Å². The van der Waals surface area contributed by atoms with Crippen LogP contribution in [0.5, 0.6) is 0 Å². The second kappa shape index (κ2) is 8.65. The Morgan fingerprint density at radius 3 is 2.50 bits per heavy atom. The Balaban J connectivity index is 1.94. The fourth-order valence-corrected chi connectivity index (χ4v) is 3.68. The molecule has 2 aromatic rings. The van der Waals surface area contributed by atoms with E-state index in [1.54, 1.807) is 6.07 Å². The van der Waals surface area contributed by atoms with Gasteiger partial charge in [-0.3, -0.25) is 9.69 Å². The van der Waals surface area contributed by atoms with Crippen molar-refractivity contribution >= 4 is 40.3 Å². The minimum absolute atomic E-state index is 0.0239. The first-order valence-corrected chi connectivity index (χ1v) is 8.52. The Labute approximate surface area is 144 Å². The molecule has 0 amide bonds. The van der Waals surface area contributed by atoms with Gasteiger partial charge < -0.3 is 5.11 Å². The Bertz CT molecular complexity index is 616. The normalized spacial score (nSPS) is 11.1. The van der Waals surface area contributed by atoms with Crippen LogP contribution in [0.1, 0.15) is 22.3 Å². The van der Waals surface area contributed by atoms with Gasteiger partial charge in [0.2, 0.25) is 0 Å². The molecule has 1 heterocycles. The van der Waals surface area contributed by atoms with E-state index in [4.69, 9.17) is 23.2 Å². The molecule has 3 nitrogen and oxygen atoms in total. The average molecular weight is 358 g/mol. The molecule has 2 rings (SSSR count). The number of carbonyl (C=O) groups excluding carboxylic acids is 1. The topological polar surface area (TPSA) is 40.5 Å². The maximum absolute atomic E-state index is 12.2. The summed E-state index contributed by atoms with van der Waals surface area (Å²) in [7, 11) is 0. The van der Waals surface area contributed by atoms with Crippen LogP contribution in [0, 0.1) is 0 Å². The molecule has 1 N–H and O–H groups in total. The zero-order chi connectivity index (χ0) is 15.9. The van der Waals surface area contributed by atoms with Gasteiger partial charge in [0.25, 0.3) is 0 Å². The number of carbonyl (C=O) groups is 1. The van der Waals surface area contributed by atoms with Crippen LogP contribution in [0.4, 0.5) is 0 Å². The second-order valence-corrected chi connectivity index (χ2v) is 7.18. The van der Waals surface area contributed by atoms with Crippen molar-refractivity contribution in [3.8, 4) is 0 Å². The smallest absolute Gasteiger partial charge is 0.166 e. The van der Waals surface area contributed by atoms with Crippen LogP contribution in [-0.2, 0) is 6.54 Å². The number of halogens is 2. The monoisotopic (exact) mass is 357 g/mol. The highest BCUT2D eigenvalue weighted by Crippen LogP contribution is 2.31. The third kappa shape index (κ3) is 5.07. The molecule has 118 valence electrons. The molecular weight excluding hydrogens is 341 g/mol. The first kappa shape index (κ1) is 17.4. The molecule has 0 saturated carbocycles. The van der Waals surface area contributed by atoms with Crippen LogP contribution in [-0.4, -0.2) is 35.5 Å². The molecular formula is C16H17Cl2NO2S. The third-order valence-electron chi connectivity index (χ3n) is 3.28. The van der Waals surface area contributed by atoms with Crippen molar-refractivity contribution < 1.29 is 9.90 Å². The van der Waals surface area contributed by atoms with Crippen molar-refractivity contribution in [1.29, 1.82) is 0 Å². The third-order valence-corrected chi connectivity index (χ3v) is 4.77. The highest BCUT2D eigenvalue weighted by Gasteiger charge is 2.15. The van der Waals surface area contributed by atoms with E-state index in [0.29, 0.717) is 40.3 Å². The number of hydrogen-bond donors (Lipinski definition) is 1. The van der Waals surface area contributed by atoms with E-state index >= 15 is 0 Å². The number of Topliss-reactive ketones (excluding diaryl/α,β-unsaturated/α-hetero) is 1. The minimum atomic E-state index is -0.0239. The molecule has 6 heteroatoms. The molecule has 0 atom stereocenters. The Morgan fingerprint density at radius 2 is 1.91 bits per heavy atom. The highest BCUT2D eigenvalue weighted by atomic mass is 35.5. The summed E-state index contributed by atoms with van der Waals surface area (Å²) in [5.41, 5.74) is 1.64. The number of benzene rings is 1. The summed E-state index contributed by atoms with van der Waals surface area (Å²) in [5.74, 6) is -0.0239. The molecule has 0 spiro atoms. The van der Waals surface area contributed by atoms with Crippen molar-refractivity contribution in [2.75, 3.05) is 19.7 Å². The number of aliphatic hydroxyl groups is 1.